The van der Waals surface area contributed by atoms with Crippen molar-refractivity contribution >= 4 is 22.7 Å². The van der Waals surface area contributed by atoms with Crippen molar-refractivity contribution < 1.29 is 9.53 Å². The predicted octanol–water partition coefficient (Wildman–Crippen LogP) is 1.69. The molecule has 0 bridgehead atoms. The van der Waals surface area contributed by atoms with Gasteiger partial charge in [-0.25, -0.2) is 4.98 Å². The largest absolute Gasteiger partial charge is 0.493 e. The molecule has 17 heavy (non-hydrogen) atoms. The summed E-state index contributed by atoms with van der Waals surface area (Å²) in [6.07, 6.45) is 2.26. The van der Waals surface area contributed by atoms with Gasteiger partial charge in [-0.2, -0.15) is 0 Å². The van der Waals surface area contributed by atoms with Crippen molar-refractivity contribution in [1.29, 1.82) is 0 Å². The molecule has 0 unspecified atom stereocenters. The first kappa shape index (κ1) is 13.4. The van der Waals surface area contributed by atoms with Crippen LogP contribution in [0.4, 0.5) is 5.82 Å². The Kier molecular flexibility index (Phi) is 5.37. The van der Waals surface area contributed by atoms with E-state index in [1.54, 1.807) is 19.2 Å². The Morgan fingerprint density at radius 2 is 2.41 bits per heavy atom. The Balaban J connectivity index is 2.57. The fourth-order valence-corrected chi connectivity index (χ4v) is 1.59. The minimum atomic E-state index is 0.114. The van der Waals surface area contributed by atoms with E-state index in [1.165, 1.54) is 18.9 Å². The van der Waals surface area contributed by atoms with Crippen molar-refractivity contribution in [3.05, 3.63) is 17.8 Å². The summed E-state index contributed by atoms with van der Waals surface area (Å²) in [6.45, 7) is 1.55. The second-order valence-electron chi connectivity index (χ2n) is 3.20. The van der Waals surface area contributed by atoms with Crippen LogP contribution in [0.1, 0.15) is 18.9 Å². The van der Waals surface area contributed by atoms with Gasteiger partial charge in [0, 0.05) is 36.9 Å². The number of thioether (sulfide) groups is 1. The third kappa shape index (κ3) is 4.79. The zero-order chi connectivity index (χ0) is 12.7. The number of methoxy groups -OCH3 is 1. The Morgan fingerprint density at radius 3 is 3.06 bits per heavy atom. The van der Waals surface area contributed by atoms with Gasteiger partial charge >= 0.3 is 0 Å². The molecule has 0 aliphatic heterocycles. The summed E-state index contributed by atoms with van der Waals surface area (Å²) in [5.74, 6) is 7.50. The molecule has 90 valence electrons. The summed E-state index contributed by atoms with van der Waals surface area (Å²) < 4.78 is 5.04. The Labute approximate surface area is 105 Å². The van der Waals surface area contributed by atoms with Gasteiger partial charge in [0.2, 0.25) is 0 Å². The maximum Gasteiger partial charge on any atom is 0.185 e. The first-order chi connectivity index (χ1) is 8.13. The smallest absolute Gasteiger partial charge is 0.185 e. The van der Waals surface area contributed by atoms with Crippen LogP contribution in [0.5, 0.6) is 5.75 Å². The van der Waals surface area contributed by atoms with Crippen molar-refractivity contribution in [3.63, 3.8) is 0 Å². The molecule has 0 atom stereocenters. The number of carbonyl (C=O) groups excluding carboxylic acids is 1. The normalized spacial score (nSPS) is 9.29. The van der Waals surface area contributed by atoms with E-state index < -0.39 is 0 Å². The quantitative estimate of drug-likeness (QED) is 0.653. The zero-order valence-electron chi connectivity index (χ0n) is 9.82. The number of pyridine rings is 1. The number of nitrogens with zero attached hydrogens (tertiary/aromatic N) is 1. The van der Waals surface area contributed by atoms with Crippen LogP contribution in [0, 0.1) is 11.8 Å². The Morgan fingerprint density at radius 1 is 1.65 bits per heavy atom. The molecule has 0 amide bonds. The molecular weight excluding hydrogens is 236 g/mol. The molecule has 0 saturated carbocycles. The van der Waals surface area contributed by atoms with Crippen LogP contribution in [0.2, 0.25) is 0 Å². The number of ether oxygens (including phenoxy) is 1. The standard InChI is InChI=1S/C12H14N2O2S/c1-9(15)17-6-4-3-5-10-7-11(16-2)12(13)14-8-10/h7-8H,4,6H2,1-2H3,(H2,13,14). The van der Waals surface area contributed by atoms with Crippen LogP contribution in [0.3, 0.4) is 0 Å². The number of nitrogen functional groups attached to an aromatic ring is 1. The summed E-state index contributed by atoms with van der Waals surface area (Å²) in [5.41, 5.74) is 6.34. The summed E-state index contributed by atoms with van der Waals surface area (Å²) in [7, 11) is 1.54. The molecule has 0 saturated heterocycles. The van der Waals surface area contributed by atoms with E-state index in [0.717, 1.165) is 5.56 Å². The molecule has 5 heteroatoms. The van der Waals surface area contributed by atoms with Gasteiger partial charge in [-0.15, -0.1) is 0 Å². The fraction of sp³-hybridized carbons (Fsp3) is 0.333. The third-order valence-electron chi connectivity index (χ3n) is 1.87. The van der Waals surface area contributed by atoms with Crippen LogP contribution in [0.25, 0.3) is 0 Å². The summed E-state index contributed by atoms with van der Waals surface area (Å²) in [6, 6.07) is 1.74. The molecule has 0 aromatic carbocycles. The number of anilines is 1. The molecule has 0 fully saturated rings. The van der Waals surface area contributed by atoms with Gasteiger partial charge in [0.15, 0.2) is 16.7 Å². The molecular formula is C12H14N2O2S. The van der Waals surface area contributed by atoms with Gasteiger partial charge in [0.05, 0.1) is 7.11 Å². The molecule has 1 aromatic heterocycles. The molecule has 2 N–H and O–H groups in total. The first-order valence-electron chi connectivity index (χ1n) is 5.05. The molecule has 1 heterocycles. The van der Waals surface area contributed by atoms with Gasteiger partial charge in [0.25, 0.3) is 0 Å². The highest BCUT2D eigenvalue weighted by Gasteiger charge is 1.99. The highest BCUT2D eigenvalue weighted by atomic mass is 32.2. The van der Waals surface area contributed by atoms with Crippen LogP contribution in [-0.4, -0.2) is 23.0 Å². The lowest BCUT2D eigenvalue weighted by Crippen LogP contribution is -1.95. The number of carbonyl (C=O) groups is 1. The lowest BCUT2D eigenvalue weighted by atomic mass is 10.2. The summed E-state index contributed by atoms with van der Waals surface area (Å²) >= 11 is 1.27. The highest BCUT2D eigenvalue weighted by Crippen LogP contribution is 2.18. The molecule has 0 aliphatic carbocycles. The average molecular weight is 250 g/mol. The highest BCUT2D eigenvalue weighted by molar-refractivity contribution is 8.13. The van der Waals surface area contributed by atoms with Crippen LogP contribution in [-0.2, 0) is 4.79 Å². The van der Waals surface area contributed by atoms with Gasteiger partial charge in [0.1, 0.15) is 0 Å². The van der Waals surface area contributed by atoms with Crippen LogP contribution < -0.4 is 10.5 Å². The van der Waals surface area contributed by atoms with E-state index in [9.17, 15) is 4.79 Å². The van der Waals surface area contributed by atoms with Gasteiger partial charge < -0.3 is 10.5 Å². The molecule has 1 rings (SSSR count). The number of hydrogen-bond donors (Lipinski definition) is 1. The van der Waals surface area contributed by atoms with Crippen molar-refractivity contribution in [3.8, 4) is 17.6 Å². The van der Waals surface area contributed by atoms with Crippen molar-refractivity contribution in [2.75, 3.05) is 18.6 Å². The van der Waals surface area contributed by atoms with E-state index in [-0.39, 0.29) is 5.12 Å². The second kappa shape index (κ2) is 6.81. The van der Waals surface area contributed by atoms with E-state index in [0.29, 0.717) is 23.7 Å². The topological polar surface area (TPSA) is 65.2 Å². The average Bonchev–Trinajstić information content (AvgIpc) is 2.30. The first-order valence-corrected chi connectivity index (χ1v) is 6.03. The number of aromatic nitrogens is 1. The Bertz CT molecular complexity index is 463. The molecule has 0 aliphatic rings. The number of hydrogen-bond acceptors (Lipinski definition) is 5. The number of nitrogens with two attached hydrogens (primary N) is 1. The second-order valence-corrected chi connectivity index (χ2v) is 4.48. The zero-order valence-corrected chi connectivity index (χ0v) is 10.6. The SMILES string of the molecule is COc1cc(C#CCCSC(C)=O)cnc1N. The third-order valence-corrected chi connectivity index (χ3v) is 2.68. The summed E-state index contributed by atoms with van der Waals surface area (Å²) in [5, 5.41) is 0.114. The van der Waals surface area contributed by atoms with Crippen LogP contribution in [0.15, 0.2) is 12.3 Å². The van der Waals surface area contributed by atoms with Crippen molar-refractivity contribution in [2.45, 2.75) is 13.3 Å². The lowest BCUT2D eigenvalue weighted by Gasteiger charge is -2.02. The van der Waals surface area contributed by atoms with E-state index in [4.69, 9.17) is 10.5 Å². The molecule has 0 spiro atoms. The van der Waals surface area contributed by atoms with E-state index in [1.807, 2.05) is 0 Å². The van der Waals surface area contributed by atoms with Gasteiger partial charge in [-0.1, -0.05) is 23.6 Å². The van der Waals surface area contributed by atoms with Gasteiger partial charge in [-0.3, -0.25) is 4.79 Å². The Hall–Kier alpha value is -1.67. The minimum absolute atomic E-state index is 0.114. The minimum Gasteiger partial charge on any atom is -0.493 e. The van der Waals surface area contributed by atoms with Crippen molar-refractivity contribution in [2.24, 2.45) is 0 Å². The molecule has 4 nitrogen and oxygen atoms in total. The maximum atomic E-state index is 10.7. The van der Waals surface area contributed by atoms with E-state index >= 15 is 0 Å². The summed E-state index contributed by atoms with van der Waals surface area (Å²) in [4.78, 5) is 14.6. The monoisotopic (exact) mass is 250 g/mol. The molecule has 1 aromatic rings. The lowest BCUT2D eigenvalue weighted by molar-refractivity contribution is -0.109. The van der Waals surface area contributed by atoms with Crippen LogP contribution >= 0.6 is 11.8 Å². The molecule has 0 radical (unpaired) electrons. The van der Waals surface area contributed by atoms with E-state index in [2.05, 4.69) is 16.8 Å². The fourth-order valence-electron chi connectivity index (χ4n) is 1.10. The predicted molar refractivity (Wildman–Crippen MR) is 69.8 cm³/mol. The maximum absolute atomic E-state index is 10.7. The number of rotatable bonds is 3. The van der Waals surface area contributed by atoms with Crippen molar-refractivity contribution in [1.82, 2.24) is 4.98 Å². The van der Waals surface area contributed by atoms with Gasteiger partial charge in [-0.05, 0) is 0 Å².